The highest BCUT2D eigenvalue weighted by molar-refractivity contribution is 7.19. The zero-order valence-electron chi connectivity index (χ0n) is 27.1. The lowest BCUT2D eigenvalue weighted by molar-refractivity contribution is -0.263. The molecule has 1 aromatic heterocycles. The van der Waals surface area contributed by atoms with Crippen molar-refractivity contribution in [2.45, 2.75) is 56.8 Å². The monoisotopic (exact) mass is 674 g/mol. The van der Waals surface area contributed by atoms with Gasteiger partial charge in [0.25, 0.3) is 0 Å². The van der Waals surface area contributed by atoms with Gasteiger partial charge in [0, 0.05) is 16.0 Å². The third-order valence-corrected chi connectivity index (χ3v) is 9.98. The standard InChI is InChI=1S/C42H39FO5S/c43-36-21-20-33(22-34(36)24-35-23-32-18-10-11-19-38(32)49-35)40-39(44)42(47-27-31-16-8-3-9-17-31)41(46-26-30-14-6-2-7-15-30)37(48-40)28-45-25-29-12-4-1-5-13-29/h1-23,37,39-42,44H,24-28H2. The first-order valence-electron chi connectivity index (χ1n) is 16.6. The van der Waals surface area contributed by atoms with Gasteiger partial charge in [0.2, 0.25) is 0 Å². The molecule has 6 aromatic rings. The van der Waals surface area contributed by atoms with E-state index in [4.69, 9.17) is 18.9 Å². The summed E-state index contributed by atoms with van der Waals surface area (Å²) >= 11 is 1.66. The first-order chi connectivity index (χ1) is 24.1. The van der Waals surface area contributed by atoms with Gasteiger partial charge in [-0.2, -0.15) is 0 Å². The zero-order valence-corrected chi connectivity index (χ0v) is 27.9. The number of hydrogen-bond donors (Lipinski definition) is 1. The highest BCUT2D eigenvalue weighted by Gasteiger charge is 2.47. The molecule has 7 rings (SSSR count). The predicted molar refractivity (Wildman–Crippen MR) is 191 cm³/mol. The number of fused-ring (bicyclic) bond motifs is 1. The molecule has 1 N–H and O–H groups in total. The van der Waals surface area contributed by atoms with Crippen LogP contribution in [0.4, 0.5) is 4.39 Å². The van der Waals surface area contributed by atoms with Crippen LogP contribution in [0.25, 0.3) is 10.1 Å². The van der Waals surface area contributed by atoms with Crippen molar-refractivity contribution in [3.05, 3.63) is 178 Å². The predicted octanol–water partition coefficient (Wildman–Crippen LogP) is 8.82. The number of aliphatic hydroxyl groups excluding tert-OH is 1. The number of thiophene rings is 1. The lowest BCUT2D eigenvalue weighted by Crippen LogP contribution is -2.57. The molecule has 5 aromatic carbocycles. The first-order valence-corrected chi connectivity index (χ1v) is 17.4. The third kappa shape index (κ3) is 8.33. The molecular formula is C42H39FO5S. The van der Waals surface area contributed by atoms with E-state index in [1.54, 1.807) is 17.4 Å². The average molecular weight is 675 g/mol. The molecule has 49 heavy (non-hydrogen) atoms. The van der Waals surface area contributed by atoms with Gasteiger partial charge in [-0.1, -0.05) is 115 Å². The Bertz CT molecular complexity index is 1880. The molecule has 0 spiro atoms. The van der Waals surface area contributed by atoms with Crippen molar-refractivity contribution < 1.29 is 28.4 Å². The second-order valence-electron chi connectivity index (χ2n) is 12.4. The van der Waals surface area contributed by atoms with E-state index >= 15 is 4.39 Å². The topological polar surface area (TPSA) is 57.2 Å². The largest absolute Gasteiger partial charge is 0.387 e. The van der Waals surface area contributed by atoms with E-state index in [2.05, 4.69) is 18.2 Å². The fourth-order valence-electron chi connectivity index (χ4n) is 6.35. The van der Waals surface area contributed by atoms with E-state index in [0.717, 1.165) is 27.0 Å². The first kappa shape index (κ1) is 33.3. The average Bonchev–Trinajstić information content (AvgIpc) is 3.56. The molecule has 1 saturated heterocycles. The van der Waals surface area contributed by atoms with E-state index in [1.807, 2.05) is 109 Å². The van der Waals surface area contributed by atoms with Crippen molar-refractivity contribution in [3.63, 3.8) is 0 Å². The summed E-state index contributed by atoms with van der Waals surface area (Å²) in [7, 11) is 0. The molecule has 0 radical (unpaired) electrons. The van der Waals surface area contributed by atoms with Gasteiger partial charge in [0.1, 0.15) is 36.3 Å². The van der Waals surface area contributed by atoms with Gasteiger partial charge in [0.05, 0.1) is 26.4 Å². The number of halogens is 1. The van der Waals surface area contributed by atoms with E-state index in [9.17, 15) is 5.11 Å². The van der Waals surface area contributed by atoms with E-state index in [0.29, 0.717) is 30.8 Å². The molecule has 1 aliphatic heterocycles. The van der Waals surface area contributed by atoms with Crippen molar-refractivity contribution in [2.75, 3.05) is 6.61 Å². The third-order valence-electron chi connectivity index (χ3n) is 8.86. The Hall–Kier alpha value is -4.21. The number of ether oxygens (including phenoxy) is 4. The van der Waals surface area contributed by atoms with Crippen LogP contribution in [-0.2, 0) is 45.2 Å². The summed E-state index contributed by atoms with van der Waals surface area (Å²) in [6, 6.07) is 45.0. The molecule has 0 aliphatic carbocycles. The summed E-state index contributed by atoms with van der Waals surface area (Å²) < 4.78 is 42.5. The molecule has 2 heterocycles. The van der Waals surface area contributed by atoms with Crippen molar-refractivity contribution in [2.24, 2.45) is 0 Å². The van der Waals surface area contributed by atoms with Crippen molar-refractivity contribution >= 4 is 21.4 Å². The summed E-state index contributed by atoms with van der Waals surface area (Å²) in [5.74, 6) is -0.296. The van der Waals surface area contributed by atoms with Crippen LogP contribution in [0.1, 0.15) is 38.8 Å². The number of benzene rings is 5. The molecule has 250 valence electrons. The van der Waals surface area contributed by atoms with Crippen LogP contribution >= 0.6 is 11.3 Å². The van der Waals surface area contributed by atoms with E-state index < -0.39 is 30.5 Å². The van der Waals surface area contributed by atoms with Crippen molar-refractivity contribution in [1.82, 2.24) is 0 Å². The molecule has 7 heteroatoms. The number of rotatable bonds is 13. The maximum atomic E-state index is 15.3. The Morgan fingerprint density at radius 1 is 0.653 bits per heavy atom. The molecule has 0 bridgehead atoms. The quantitative estimate of drug-likeness (QED) is 0.133. The highest BCUT2D eigenvalue weighted by Crippen LogP contribution is 2.37. The molecule has 0 saturated carbocycles. The van der Waals surface area contributed by atoms with Crippen molar-refractivity contribution in [3.8, 4) is 0 Å². The summed E-state index contributed by atoms with van der Waals surface area (Å²) in [4.78, 5) is 1.06. The number of hydrogen-bond acceptors (Lipinski definition) is 6. The molecule has 1 fully saturated rings. The summed E-state index contributed by atoms with van der Waals surface area (Å²) in [6.07, 6.45) is -3.46. The van der Waals surface area contributed by atoms with Gasteiger partial charge < -0.3 is 24.1 Å². The minimum Gasteiger partial charge on any atom is -0.387 e. The lowest BCUT2D eigenvalue weighted by atomic mass is 9.89. The van der Waals surface area contributed by atoms with Crippen LogP contribution in [0, 0.1) is 5.82 Å². The smallest absolute Gasteiger partial charge is 0.126 e. The zero-order chi connectivity index (χ0) is 33.4. The molecule has 5 nitrogen and oxygen atoms in total. The van der Waals surface area contributed by atoms with Gasteiger partial charge in [0.15, 0.2) is 0 Å². The van der Waals surface area contributed by atoms with Gasteiger partial charge >= 0.3 is 0 Å². The van der Waals surface area contributed by atoms with Crippen LogP contribution in [0.2, 0.25) is 0 Å². The Morgan fingerprint density at radius 3 is 1.90 bits per heavy atom. The molecular weight excluding hydrogens is 636 g/mol. The Morgan fingerprint density at radius 2 is 1.24 bits per heavy atom. The fourth-order valence-corrected chi connectivity index (χ4v) is 7.44. The normalized spacial score (nSPS) is 20.8. The molecule has 0 amide bonds. The van der Waals surface area contributed by atoms with Crippen LogP contribution < -0.4 is 0 Å². The highest BCUT2D eigenvalue weighted by atomic mass is 32.1. The van der Waals surface area contributed by atoms with E-state index in [1.165, 1.54) is 10.8 Å². The second-order valence-corrected chi connectivity index (χ2v) is 13.6. The maximum Gasteiger partial charge on any atom is 0.126 e. The SMILES string of the molecule is OC1C(c2ccc(F)c(Cc3cc4ccccc4s3)c2)OC(COCc2ccccc2)C(OCc2ccccc2)C1OCc1ccccc1. The fraction of sp³-hybridized carbons (Fsp3) is 0.238. The Kier molecular flexibility index (Phi) is 10.9. The Balaban J connectivity index is 1.18. The summed E-state index contributed by atoms with van der Waals surface area (Å²) in [6.45, 7) is 1.19. The van der Waals surface area contributed by atoms with E-state index in [-0.39, 0.29) is 19.0 Å². The van der Waals surface area contributed by atoms with Gasteiger partial charge in [-0.05, 0) is 57.5 Å². The maximum absolute atomic E-state index is 15.3. The van der Waals surface area contributed by atoms with Crippen molar-refractivity contribution in [1.29, 1.82) is 0 Å². The molecule has 5 unspecified atom stereocenters. The summed E-state index contributed by atoms with van der Waals surface area (Å²) in [5, 5.41) is 13.2. The number of aliphatic hydroxyl groups is 1. The second kappa shape index (κ2) is 16.0. The van der Waals surface area contributed by atoms with Gasteiger partial charge in [-0.25, -0.2) is 4.39 Å². The van der Waals surface area contributed by atoms with Gasteiger partial charge in [-0.15, -0.1) is 11.3 Å². The van der Waals surface area contributed by atoms with Crippen LogP contribution in [-0.4, -0.2) is 36.1 Å². The van der Waals surface area contributed by atoms with Crippen LogP contribution in [0.3, 0.4) is 0 Å². The van der Waals surface area contributed by atoms with Crippen LogP contribution in [0.15, 0.2) is 140 Å². The molecule has 1 aliphatic rings. The Labute approximate surface area is 290 Å². The summed E-state index contributed by atoms with van der Waals surface area (Å²) in [5.41, 5.74) is 4.23. The molecule has 5 atom stereocenters. The minimum atomic E-state index is -1.10. The minimum absolute atomic E-state index is 0.207. The lowest BCUT2D eigenvalue weighted by Gasteiger charge is -2.45. The van der Waals surface area contributed by atoms with Crippen LogP contribution in [0.5, 0.6) is 0 Å². The van der Waals surface area contributed by atoms with Gasteiger partial charge in [-0.3, -0.25) is 0 Å².